The van der Waals surface area contributed by atoms with Crippen LogP contribution in [0.5, 0.6) is 0 Å². The molecule has 7 nitrogen and oxygen atoms in total. The number of benzene rings is 2. The smallest absolute Gasteiger partial charge is 0.257 e. The molecule has 0 spiro atoms. The first kappa shape index (κ1) is 18.3. The van der Waals surface area contributed by atoms with Gasteiger partial charge < -0.3 is 4.52 Å². The second-order valence-electron chi connectivity index (χ2n) is 7.54. The summed E-state index contributed by atoms with van der Waals surface area (Å²) in [5, 5.41) is 18.2. The summed E-state index contributed by atoms with van der Waals surface area (Å²) in [6, 6.07) is 15.6. The van der Waals surface area contributed by atoms with Gasteiger partial charge in [-0.1, -0.05) is 31.1 Å². The van der Waals surface area contributed by atoms with Crippen molar-refractivity contribution in [2.24, 2.45) is 10.6 Å². The van der Waals surface area contributed by atoms with E-state index in [1.54, 1.807) is 36.4 Å². The van der Waals surface area contributed by atoms with Crippen molar-refractivity contribution >= 4 is 10.0 Å². The Morgan fingerprint density at radius 2 is 1.71 bits per heavy atom. The Labute approximate surface area is 162 Å². The van der Waals surface area contributed by atoms with E-state index < -0.39 is 10.0 Å². The van der Waals surface area contributed by atoms with Crippen LogP contribution in [0.25, 0.3) is 11.5 Å². The van der Waals surface area contributed by atoms with E-state index in [4.69, 9.17) is 14.9 Å². The second kappa shape index (κ2) is 6.26. The number of hydrogen-bond donors (Lipinski definition) is 1. The molecule has 1 fully saturated rings. The maximum Gasteiger partial charge on any atom is 0.257 e. The van der Waals surface area contributed by atoms with Crippen molar-refractivity contribution in [1.82, 2.24) is 10.1 Å². The van der Waals surface area contributed by atoms with E-state index in [-0.39, 0.29) is 22.1 Å². The maximum atomic E-state index is 11.4. The molecule has 0 unspecified atom stereocenters. The van der Waals surface area contributed by atoms with Crippen LogP contribution in [0.1, 0.15) is 42.6 Å². The van der Waals surface area contributed by atoms with Crippen LogP contribution in [0, 0.1) is 16.7 Å². The SMILES string of the molecule is CC1(C)[C@@H](c2ccc(S(N)(=O)=O)cc2)[C@@H]1c1noc(-c2ccc(C#N)cc2)n1. The van der Waals surface area contributed by atoms with E-state index in [1.807, 2.05) is 0 Å². The minimum Gasteiger partial charge on any atom is -0.334 e. The lowest BCUT2D eigenvalue weighted by atomic mass is 10.0. The fraction of sp³-hybridized carbons (Fsp3) is 0.250. The minimum absolute atomic E-state index is 0.0590. The van der Waals surface area contributed by atoms with Gasteiger partial charge in [0.2, 0.25) is 10.0 Å². The van der Waals surface area contributed by atoms with Gasteiger partial charge in [0, 0.05) is 17.4 Å². The molecule has 2 atom stereocenters. The van der Waals surface area contributed by atoms with Gasteiger partial charge in [0.25, 0.3) is 5.89 Å². The maximum absolute atomic E-state index is 11.4. The van der Waals surface area contributed by atoms with Gasteiger partial charge in [0.05, 0.1) is 16.5 Å². The molecule has 2 N–H and O–H groups in total. The zero-order chi connectivity index (χ0) is 20.1. The third-order valence-electron chi connectivity index (χ3n) is 5.38. The average molecular weight is 394 g/mol. The fourth-order valence-electron chi connectivity index (χ4n) is 3.77. The van der Waals surface area contributed by atoms with E-state index in [1.165, 1.54) is 12.1 Å². The summed E-state index contributed by atoms with van der Waals surface area (Å²) in [4.78, 5) is 4.64. The Morgan fingerprint density at radius 3 is 2.29 bits per heavy atom. The highest BCUT2D eigenvalue weighted by molar-refractivity contribution is 7.89. The quantitative estimate of drug-likeness (QED) is 0.725. The zero-order valence-corrected chi connectivity index (χ0v) is 16.1. The predicted molar refractivity (Wildman–Crippen MR) is 102 cm³/mol. The highest BCUT2D eigenvalue weighted by Gasteiger charge is 2.61. The molecular formula is C20H18N4O3S. The first-order valence-electron chi connectivity index (χ1n) is 8.69. The van der Waals surface area contributed by atoms with Crippen molar-refractivity contribution in [2.45, 2.75) is 30.6 Å². The van der Waals surface area contributed by atoms with Gasteiger partial charge in [-0.2, -0.15) is 10.2 Å². The third kappa shape index (κ3) is 3.09. The van der Waals surface area contributed by atoms with E-state index in [2.05, 4.69) is 30.1 Å². The van der Waals surface area contributed by atoms with Crippen LogP contribution in [0.15, 0.2) is 57.9 Å². The standard InChI is InChI=1S/C20H18N4O3S/c1-20(2)16(13-7-9-15(10-8-13)28(22,25)26)17(20)18-23-19(27-24-18)14-5-3-12(11-21)4-6-14/h3-10,16-17H,1-2H3,(H2,22,25,26)/t16-,17+/m0/s1. The Hall–Kier alpha value is -3.02. The monoisotopic (exact) mass is 394 g/mol. The van der Waals surface area contributed by atoms with Gasteiger partial charge in [0.15, 0.2) is 5.82 Å². The molecule has 3 aromatic rings. The number of hydrogen-bond acceptors (Lipinski definition) is 6. The van der Waals surface area contributed by atoms with Gasteiger partial charge in [-0.15, -0.1) is 0 Å². The molecular weight excluding hydrogens is 376 g/mol. The topological polar surface area (TPSA) is 123 Å². The van der Waals surface area contributed by atoms with Crippen molar-refractivity contribution in [1.29, 1.82) is 5.26 Å². The molecule has 8 heteroatoms. The number of nitriles is 1. The molecule has 0 bridgehead atoms. The third-order valence-corrected chi connectivity index (χ3v) is 6.31. The van der Waals surface area contributed by atoms with E-state index in [0.717, 1.165) is 11.1 Å². The van der Waals surface area contributed by atoms with Crippen LogP contribution < -0.4 is 5.14 Å². The molecule has 142 valence electrons. The Morgan fingerprint density at radius 1 is 1.07 bits per heavy atom. The van der Waals surface area contributed by atoms with Gasteiger partial charge in [-0.3, -0.25) is 0 Å². The van der Waals surface area contributed by atoms with Crippen LogP contribution >= 0.6 is 0 Å². The summed E-state index contributed by atoms with van der Waals surface area (Å²) in [6.07, 6.45) is 0. The minimum atomic E-state index is -3.71. The second-order valence-corrected chi connectivity index (χ2v) is 9.10. The van der Waals surface area contributed by atoms with Crippen molar-refractivity contribution in [3.63, 3.8) is 0 Å². The molecule has 1 saturated carbocycles. The number of sulfonamides is 1. The molecule has 0 aliphatic heterocycles. The van der Waals surface area contributed by atoms with Gasteiger partial charge in [-0.05, 0) is 47.4 Å². The van der Waals surface area contributed by atoms with E-state index >= 15 is 0 Å². The Kier molecular flexibility index (Phi) is 4.10. The Balaban J connectivity index is 1.60. The summed E-state index contributed by atoms with van der Waals surface area (Å²) in [7, 11) is -3.71. The van der Waals surface area contributed by atoms with Crippen LogP contribution in [0.3, 0.4) is 0 Å². The number of nitrogens with zero attached hydrogens (tertiary/aromatic N) is 3. The first-order chi connectivity index (χ1) is 13.2. The number of primary sulfonamides is 1. The lowest BCUT2D eigenvalue weighted by Crippen LogP contribution is -2.11. The highest BCUT2D eigenvalue weighted by atomic mass is 32.2. The molecule has 1 aliphatic carbocycles. The van der Waals surface area contributed by atoms with Crippen LogP contribution in [0.4, 0.5) is 0 Å². The molecule has 0 amide bonds. The normalized spacial score (nSPS) is 20.5. The molecule has 1 aliphatic rings. The zero-order valence-electron chi connectivity index (χ0n) is 15.3. The van der Waals surface area contributed by atoms with Crippen molar-refractivity contribution in [3.8, 4) is 17.5 Å². The summed E-state index contributed by atoms with van der Waals surface area (Å²) in [6.45, 7) is 4.24. The average Bonchev–Trinajstić information content (AvgIpc) is 3.01. The van der Waals surface area contributed by atoms with Crippen molar-refractivity contribution in [3.05, 3.63) is 65.5 Å². The molecule has 4 rings (SSSR count). The summed E-state index contributed by atoms with van der Waals surface area (Å²) in [5.74, 6) is 1.23. The molecule has 1 heterocycles. The molecule has 0 radical (unpaired) electrons. The molecule has 0 saturated heterocycles. The van der Waals surface area contributed by atoms with Gasteiger partial charge >= 0.3 is 0 Å². The van der Waals surface area contributed by atoms with E-state index in [0.29, 0.717) is 17.3 Å². The number of aromatic nitrogens is 2. The van der Waals surface area contributed by atoms with Gasteiger partial charge in [0.1, 0.15) is 0 Å². The fourth-order valence-corrected chi connectivity index (χ4v) is 4.29. The highest BCUT2D eigenvalue weighted by Crippen LogP contribution is 2.69. The van der Waals surface area contributed by atoms with E-state index in [9.17, 15) is 8.42 Å². The number of rotatable bonds is 4. The van der Waals surface area contributed by atoms with Crippen molar-refractivity contribution < 1.29 is 12.9 Å². The first-order valence-corrected chi connectivity index (χ1v) is 10.2. The van der Waals surface area contributed by atoms with Crippen molar-refractivity contribution in [2.75, 3.05) is 0 Å². The predicted octanol–water partition coefficient (Wildman–Crippen LogP) is 3.16. The lowest BCUT2D eigenvalue weighted by Gasteiger charge is -2.04. The molecule has 28 heavy (non-hydrogen) atoms. The van der Waals surface area contributed by atoms with Gasteiger partial charge in [-0.25, -0.2) is 13.6 Å². The van der Waals surface area contributed by atoms with Crippen LogP contribution in [-0.2, 0) is 10.0 Å². The molecule has 2 aromatic carbocycles. The lowest BCUT2D eigenvalue weighted by molar-refractivity contribution is 0.419. The van der Waals surface area contributed by atoms with Crippen LogP contribution in [-0.4, -0.2) is 18.6 Å². The molecule has 1 aromatic heterocycles. The number of nitrogens with two attached hydrogens (primary N) is 1. The summed E-state index contributed by atoms with van der Waals surface area (Å²) in [5.41, 5.74) is 2.24. The Bertz CT molecular complexity index is 1170. The summed E-state index contributed by atoms with van der Waals surface area (Å²) < 4.78 is 28.3. The summed E-state index contributed by atoms with van der Waals surface area (Å²) >= 11 is 0. The largest absolute Gasteiger partial charge is 0.334 e. The van der Waals surface area contributed by atoms with Crippen LogP contribution in [0.2, 0.25) is 0 Å².